The Bertz CT molecular complexity index is 713. The lowest BCUT2D eigenvalue weighted by Gasteiger charge is -2.05. The van der Waals surface area contributed by atoms with Crippen LogP contribution in [0.2, 0.25) is 5.15 Å². The van der Waals surface area contributed by atoms with E-state index in [0.717, 1.165) is 5.56 Å². The van der Waals surface area contributed by atoms with E-state index < -0.39 is 0 Å². The number of nitrogens with zero attached hydrogens (tertiary/aromatic N) is 2. The zero-order valence-corrected chi connectivity index (χ0v) is 14.5. The van der Waals surface area contributed by atoms with Crippen molar-refractivity contribution in [2.75, 3.05) is 13.7 Å². The van der Waals surface area contributed by atoms with Gasteiger partial charge in [-0.1, -0.05) is 41.9 Å². The lowest BCUT2D eigenvalue weighted by atomic mass is 10.2. The first-order valence-electron chi connectivity index (χ1n) is 7.64. The van der Waals surface area contributed by atoms with Crippen LogP contribution >= 0.6 is 11.6 Å². The Morgan fingerprint density at radius 1 is 1.29 bits per heavy atom. The fourth-order valence-corrected chi connectivity index (χ4v) is 2.62. The summed E-state index contributed by atoms with van der Waals surface area (Å²) >= 11 is 6.33. The molecule has 1 aromatic carbocycles. The monoisotopic (exact) mass is 349 g/mol. The number of hydrogen-bond acceptors (Lipinski definition) is 4. The van der Waals surface area contributed by atoms with E-state index in [4.69, 9.17) is 11.6 Å². The van der Waals surface area contributed by atoms with Crippen LogP contribution in [0.3, 0.4) is 0 Å². The third kappa shape index (κ3) is 4.58. The Morgan fingerprint density at radius 2 is 2.00 bits per heavy atom. The molecule has 0 bridgehead atoms. The number of esters is 1. The summed E-state index contributed by atoms with van der Waals surface area (Å²) in [7, 11) is 1.34. The van der Waals surface area contributed by atoms with Crippen LogP contribution in [-0.2, 0) is 16.1 Å². The maximum atomic E-state index is 12.3. The van der Waals surface area contributed by atoms with Gasteiger partial charge in [-0.25, -0.2) is 4.68 Å². The van der Waals surface area contributed by atoms with E-state index in [2.05, 4.69) is 15.2 Å². The first-order chi connectivity index (χ1) is 11.5. The first kappa shape index (κ1) is 18.0. The molecule has 1 N–H and O–H groups in total. The zero-order valence-electron chi connectivity index (χ0n) is 13.7. The van der Waals surface area contributed by atoms with Gasteiger partial charge in [-0.15, -0.1) is 0 Å². The van der Waals surface area contributed by atoms with E-state index in [1.807, 2.05) is 30.3 Å². The minimum absolute atomic E-state index is 0.261. The van der Waals surface area contributed by atoms with Crippen LogP contribution in [0.5, 0.6) is 0 Å². The van der Waals surface area contributed by atoms with Crippen LogP contribution in [0.25, 0.3) is 0 Å². The highest BCUT2D eigenvalue weighted by Crippen LogP contribution is 2.20. The van der Waals surface area contributed by atoms with Crippen molar-refractivity contribution in [1.29, 1.82) is 0 Å². The number of amides is 1. The quantitative estimate of drug-likeness (QED) is 0.616. The van der Waals surface area contributed by atoms with Crippen LogP contribution in [0, 0.1) is 6.92 Å². The fourth-order valence-electron chi connectivity index (χ4n) is 2.30. The van der Waals surface area contributed by atoms with Crippen molar-refractivity contribution in [2.45, 2.75) is 26.3 Å². The molecule has 2 aromatic rings. The molecular formula is C17H20ClN3O3. The molecule has 0 saturated heterocycles. The van der Waals surface area contributed by atoms with Gasteiger partial charge in [0.25, 0.3) is 5.91 Å². The van der Waals surface area contributed by atoms with Crippen LogP contribution in [-0.4, -0.2) is 35.3 Å². The smallest absolute Gasteiger partial charge is 0.305 e. The molecule has 7 heteroatoms. The summed E-state index contributed by atoms with van der Waals surface area (Å²) in [6, 6.07) is 9.76. The molecule has 6 nitrogen and oxygen atoms in total. The van der Waals surface area contributed by atoms with E-state index in [1.165, 1.54) is 7.11 Å². The molecule has 1 aromatic heterocycles. The second-order valence-electron chi connectivity index (χ2n) is 5.33. The number of carbonyl (C=O) groups excluding carboxylic acids is 2. The number of benzene rings is 1. The molecule has 1 amide bonds. The second kappa shape index (κ2) is 8.49. The lowest BCUT2D eigenvalue weighted by molar-refractivity contribution is -0.140. The summed E-state index contributed by atoms with van der Waals surface area (Å²) in [5.74, 6) is -0.587. The Kier molecular flexibility index (Phi) is 6.37. The normalized spacial score (nSPS) is 10.5. The number of aromatic nitrogens is 2. The molecule has 0 spiro atoms. The van der Waals surface area contributed by atoms with E-state index in [9.17, 15) is 9.59 Å². The standard InChI is InChI=1S/C17H20ClN3O3/c1-12-15(17(23)19-10-6-9-14(22)24-2)16(18)21(20-12)11-13-7-4-3-5-8-13/h3-5,7-8H,6,9-11H2,1-2H3,(H,19,23). The van der Waals surface area contributed by atoms with Crippen molar-refractivity contribution >= 4 is 23.5 Å². The average Bonchev–Trinajstić information content (AvgIpc) is 2.86. The van der Waals surface area contributed by atoms with Gasteiger partial charge in [0.2, 0.25) is 0 Å². The minimum atomic E-state index is -0.297. The van der Waals surface area contributed by atoms with Crippen molar-refractivity contribution in [2.24, 2.45) is 0 Å². The van der Waals surface area contributed by atoms with Gasteiger partial charge in [0.15, 0.2) is 0 Å². The zero-order chi connectivity index (χ0) is 17.5. The second-order valence-corrected chi connectivity index (χ2v) is 5.69. The van der Waals surface area contributed by atoms with Gasteiger partial charge in [-0.05, 0) is 18.9 Å². The number of rotatable bonds is 7. The third-order valence-electron chi connectivity index (χ3n) is 3.54. The van der Waals surface area contributed by atoms with Gasteiger partial charge in [-0.2, -0.15) is 5.10 Å². The van der Waals surface area contributed by atoms with Crippen molar-refractivity contribution in [3.8, 4) is 0 Å². The maximum absolute atomic E-state index is 12.3. The molecule has 0 atom stereocenters. The topological polar surface area (TPSA) is 73.2 Å². The number of hydrogen-bond donors (Lipinski definition) is 1. The van der Waals surface area contributed by atoms with E-state index in [1.54, 1.807) is 11.6 Å². The lowest BCUT2D eigenvalue weighted by Crippen LogP contribution is -2.25. The molecular weight excluding hydrogens is 330 g/mol. The predicted molar refractivity (Wildman–Crippen MR) is 91.1 cm³/mol. The third-order valence-corrected chi connectivity index (χ3v) is 3.92. The Labute approximate surface area is 145 Å². The van der Waals surface area contributed by atoms with Gasteiger partial charge < -0.3 is 10.1 Å². The van der Waals surface area contributed by atoms with E-state index >= 15 is 0 Å². The number of ether oxygens (including phenoxy) is 1. The number of halogens is 1. The van der Waals surface area contributed by atoms with Crippen LogP contribution in [0.15, 0.2) is 30.3 Å². The minimum Gasteiger partial charge on any atom is -0.469 e. The number of nitrogens with one attached hydrogen (secondary N) is 1. The summed E-state index contributed by atoms with van der Waals surface area (Å²) in [6.45, 7) is 2.61. The number of carbonyl (C=O) groups is 2. The predicted octanol–water partition coefficient (Wildman–Crippen LogP) is 2.58. The highest BCUT2D eigenvalue weighted by molar-refractivity contribution is 6.33. The molecule has 0 radical (unpaired) electrons. The van der Waals surface area contributed by atoms with Crippen molar-refractivity contribution in [3.63, 3.8) is 0 Å². The SMILES string of the molecule is COC(=O)CCCNC(=O)c1c(C)nn(Cc2ccccc2)c1Cl. The van der Waals surface area contributed by atoms with E-state index in [-0.39, 0.29) is 18.3 Å². The summed E-state index contributed by atoms with van der Waals surface area (Å²) in [5, 5.41) is 7.41. The average molecular weight is 350 g/mol. The van der Waals surface area contributed by atoms with Crippen LogP contribution in [0.1, 0.15) is 34.5 Å². The summed E-state index contributed by atoms with van der Waals surface area (Å²) in [6.07, 6.45) is 0.768. The van der Waals surface area contributed by atoms with Crippen LogP contribution < -0.4 is 5.32 Å². The molecule has 0 unspecified atom stereocenters. The molecule has 0 aliphatic carbocycles. The number of aryl methyl sites for hydroxylation is 1. The van der Waals surface area contributed by atoms with Gasteiger partial charge >= 0.3 is 5.97 Å². The van der Waals surface area contributed by atoms with Crippen molar-refractivity contribution < 1.29 is 14.3 Å². The molecule has 128 valence electrons. The summed E-state index contributed by atoms with van der Waals surface area (Å²) in [4.78, 5) is 23.3. The number of methoxy groups -OCH3 is 1. The maximum Gasteiger partial charge on any atom is 0.305 e. The van der Waals surface area contributed by atoms with Gasteiger partial charge in [0.05, 0.1) is 24.9 Å². The Hall–Kier alpha value is -2.34. The van der Waals surface area contributed by atoms with Gasteiger partial charge in [-0.3, -0.25) is 9.59 Å². The highest BCUT2D eigenvalue weighted by Gasteiger charge is 2.20. The van der Waals surface area contributed by atoms with Gasteiger partial charge in [0.1, 0.15) is 5.15 Å². The van der Waals surface area contributed by atoms with Crippen molar-refractivity contribution in [1.82, 2.24) is 15.1 Å². The van der Waals surface area contributed by atoms with E-state index in [0.29, 0.717) is 35.9 Å². The molecule has 1 heterocycles. The fraction of sp³-hybridized carbons (Fsp3) is 0.353. The summed E-state index contributed by atoms with van der Waals surface area (Å²) in [5.41, 5.74) is 1.99. The first-order valence-corrected chi connectivity index (χ1v) is 8.02. The van der Waals surface area contributed by atoms with Crippen LogP contribution in [0.4, 0.5) is 0 Å². The summed E-state index contributed by atoms with van der Waals surface area (Å²) < 4.78 is 6.16. The van der Waals surface area contributed by atoms with Crippen molar-refractivity contribution in [3.05, 3.63) is 52.3 Å². The molecule has 0 aliphatic rings. The largest absolute Gasteiger partial charge is 0.469 e. The Balaban J connectivity index is 2.00. The highest BCUT2D eigenvalue weighted by atomic mass is 35.5. The molecule has 24 heavy (non-hydrogen) atoms. The molecule has 0 fully saturated rings. The molecule has 2 rings (SSSR count). The molecule has 0 aliphatic heterocycles. The molecule has 0 saturated carbocycles. The van der Waals surface area contributed by atoms with Gasteiger partial charge in [0, 0.05) is 13.0 Å². The Morgan fingerprint density at radius 3 is 2.67 bits per heavy atom.